The predicted octanol–water partition coefficient (Wildman–Crippen LogP) is 9.28. The highest BCUT2D eigenvalue weighted by atomic mass is 14.9. The van der Waals surface area contributed by atoms with E-state index >= 15 is 0 Å². The second kappa shape index (κ2) is 13.7. The van der Waals surface area contributed by atoms with Crippen LogP contribution < -0.4 is 5.32 Å². The van der Waals surface area contributed by atoms with Crippen molar-refractivity contribution in [1.29, 1.82) is 0 Å². The van der Waals surface area contributed by atoms with Crippen molar-refractivity contribution in [3.05, 3.63) is 41.5 Å². The Hall–Kier alpha value is -1.50. The van der Waals surface area contributed by atoms with Crippen LogP contribution in [0.2, 0.25) is 0 Å². The fourth-order valence-electron chi connectivity index (χ4n) is 3.69. The Morgan fingerprint density at radius 2 is 1.69 bits per heavy atom. The van der Waals surface area contributed by atoms with Gasteiger partial charge in [-0.25, -0.2) is 0 Å². The standard InChI is InChI=1S/C28H47N/c1-8-13-15-16-17-19-26-24(11-4)20-25(23(10-3)18-14-9-2)21-27(26)29-22-28(6,7)12-5/h10-11,20-21,29H,4,8-9,12-19,22H2,1-3,5-7H3/b23-10+. The number of anilines is 1. The van der Waals surface area contributed by atoms with Crippen LogP contribution in [0.4, 0.5) is 5.69 Å². The maximum atomic E-state index is 4.16. The lowest BCUT2D eigenvalue weighted by molar-refractivity contribution is 0.377. The molecule has 0 amide bonds. The van der Waals surface area contributed by atoms with Crippen LogP contribution in [0.1, 0.15) is 116 Å². The number of hydrogen-bond donors (Lipinski definition) is 1. The number of benzene rings is 1. The molecule has 1 heteroatoms. The van der Waals surface area contributed by atoms with E-state index in [1.807, 2.05) is 0 Å². The Bertz CT molecular complexity index is 636. The van der Waals surface area contributed by atoms with Gasteiger partial charge in [-0.15, -0.1) is 0 Å². The molecule has 0 unspecified atom stereocenters. The monoisotopic (exact) mass is 397 g/mol. The van der Waals surface area contributed by atoms with Crippen LogP contribution >= 0.6 is 0 Å². The normalized spacial score (nSPS) is 12.3. The summed E-state index contributed by atoms with van der Waals surface area (Å²) >= 11 is 0. The Morgan fingerprint density at radius 1 is 1.00 bits per heavy atom. The van der Waals surface area contributed by atoms with E-state index in [-0.39, 0.29) is 0 Å². The highest BCUT2D eigenvalue weighted by Crippen LogP contribution is 2.32. The molecule has 1 rings (SSSR count). The summed E-state index contributed by atoms with van der Waals surface area (Å²) in [5.74, 6) is 0. The van der Waals surface area contributed by atoms with E-state index in [1.54, 1.807) is 0 Å². The van der Waals surface area contributed by atoms with Crippen molar-refractivity contribution in [3.8, 4) is 0 Å². The van der Waals surface area contributed by atoms with Crippen LogP contribution in [0.15, 0.2) is 24.8 Å². The Labute approximate surface area is 182 Å². The summed E-state index contributed by atoms with van der Waals surface area (Å²) in [6.45, 7) is 18.9. The SMILES string of the molecule is C=Cc1cc(/C(=C/C)CCCC)cc(NCC(C)(C)CC)c1CCCCCCC. The van der Waals surface area contributed by atoms with Crippen LogP contribution in [-0.2, 0) is 6.42 Å². The molecule has 0 bridgehead atoms. The zero-order valence-corrected chi connectivity index (χ0v) is 20.3. The minimum Gasteiger partial charge on any atom is -0.384 e. The number of hydrogen-bond acceptors (Lipinski definition) is 1. The molecule has 0 radical (unpaired) electrons. The number of rotatable bonds is 15. The van der Waals surface area contributed by atoms with Gasteiger partial charge in [-0.2, -0.15) is 0 Å². The molecule has 0 aliphatic carbocycles. The maximum absolute atomic E-state index is 4.16. The molecule has 1 N–H and O–H groups in total. The second-order valence-electron chi connectivity index (χ2n) is 9.25. The van der Waals surface area contributed by atoms with Crippen LogP contribution in [0, 0.1) is 5.41 Å². The van der Waals surface area contributed by atoms with Crippen LogP contribution in [0.3, 0.4) is 0 Å². The molecule has 0 atom stereocenters. The highest BCUT2D eigenvalue weighted by molar-refractivity contribution is 5.75. The van der Waals surface area contributed by atoms with Gasteiger partial charge in [0, 0.05) is 12.2 Å². The fraction of sp³-hybridized carbons (Fsp3) is 0.643. The molecule has 0 saturated carbocycles. The molecule has 29 heavy (non-hydrogen) atoms. The molecular formula is C28H47N. The zero-order valence-electron chi connectivity index (χ0n) is 20.3. The molecular weight excluding hydrogens is 350 g/mol. The summed E-state index contributed by atoms with van der Waals surface area (Å²) in [5, 5.41) is 3.83. The van der Waals surface area contributed by atoms with E-state index in [4.69, 9.17) is 0 Å². The van der Waals surface area contributed by atoms with Gasteiger partial charge < -0.3 is 5.32 Å². The fourth-order valence-corrected chi connectivity index (χ4v) is 3.69. The molecule has 0 heterocycles. The molecule has 0 aromatic heterocycles. The van der Waals surface area contributed by atoms with Crippen molar-refractivity contribution >= 4 is 17.3 Å². The minimum absolute atomic E-state index is 0.300. The van der Waals surface area contributed by atoms with Gasteiger partial charge in [0.15, 0.2) is 0 Å². The van der Waals surface area contributed by atoms with E-state index in [0.29, 0.717) is 5.41 Å². The van der Waals surface area contributed by atoms with Gasteiger partial charge in [-0.05, 0) is 78.8 Å². The molecule has 0 fully saturated rings. The molecule has 0 spiro atoms. The first kappa shape index (κ1) is 25.5. The van der Waals surface area contributed by atoms with Crippen LogP contribution in [0.25, 0.3) is 11.6 Å². The topological polar surface area (TPSA) is 12.0 Å². The third-order valence-electron chi connectivity index (χ3n) is 6.27. The number of nitrogens with one attached hydrogen (secondary N) is 1. The summed E-state index contributed by atoms with van der Waals surface area (Å²) in [7, 11) is 0. The first-order chi connectivity index (χ1) is 13.9. The minimum atomic E-state index is 0.300. The summed E-state index contributed by atoms with van der Waals surface area (Å²) in [6.07, 6.45) is 16.9. The van der Waals surface area contributed by atoms with Gasteiger partial charge in [-0.3, -0.25) is 0 Å². The van der Waals surface area contributed by atoms with Gasteiger partial charge in [0.2, 0.25) is 0 Å². The van der Waals surface area contributed by atoms with Gasteiger partial charge in [0.25, 0.3) is 0 Å². The molecule has 0 saturated heterocycles. The van der Waals surface area contributed by atoms with Crippen LogP contribution in [0.5, 0.6) is 0 Å². The quantitative estimate of drug-likeness (QED) is 0.291. The summed E-state index contributed by atoms with van der Waals surface area (Å²) in [4.78, 5) is 0. The van der Waals surface area contributed by atoms with Crippen molar-refractivity contribution in [2.24, 2.45) is 5.41 Å². The van der Waals surface area contributed by atoms with Crippen molar-refractivity contribution < 1.29 is 0 Å². The van der Waals surface area contributed by atoms with Gasteiger partial charge in [0.05, 0.1) is 0 Å². The molecule has 1 nitrogen and oxygen atoms in total. The lowest BCUT2D eigenvalue weighted by atomic mass is 9.89. The van der Waals surface area contributed by atoms with Crippen LogP contribution in [-0.4, -0.2) is 6.54 Å². The van der Waals surface area contributed by atoms with Gasteiger partial charge >= 0.3 is 0 Å². The predicted molar refractivity (Wildman–Crippen MR) is 135 cm³/mol. The van der Waals surface area contributed by atoms with E-state index < -0.39 is 0 Å². The van der Waals surface area contributed by atoms with Gasteiger partial charge in [-0.1, -0.05) is 85.5 Å². The first-order valence-corrected chi connectivity index (χ1v) is 12.1. The van der Waals surface area contributed by atoms with E-state index in [1.165, 1.54) is 79.3 Å². The highest BCUT2D eigenvalue weighted by Gasteiger charge is 2.17. The number of unbranched alkanes of at least 4 members (excludes halogenated alkanes) is 5. The van der Waals surface area contributed by atoms with Gasteiger partial charge in [0.1, 0.15) is 0 Å². The van der Waals surface area contributed by atoms with E-state index in [2.05, 4.69) is 77.7 Å². The third-order valence-corrected chi connectivity index (χ3v) is 6.27. The second-order valence-corrected chi connectivity index (χ2v) is 9.25. The number of allylic oxidation sites excluding steroid dienone is 2. The van der Waals surface area contributed by atoms with E-state index in [0.717, 1.165) is 19.4 Å². The van der Waals surface area contributed by atoms with Crippen molar-refractivity contribution in [2.45, 2.75) is 106 Å². The molecule has 0 aliphatic heterocycles. The first-order valence-electron chi connectivity index (χ1n) is 12.1. The summed E-state index contributed by atoms with van der Waals surface area (Å²) in [6, 6.07) is 4.78. The van der Waals surface area contributed by atoms with E-state index in [9.17, 15) is 0 Å². The Kier molecular flexibility index (Phi) is 12.0. The molecule has 1 aromatic rings. The summed E-state index contributed by atoms with van der Waals surface area (Å²) in [5.41, 5.74) is 7.22. The zero-order chi connectivity index (χ0) is 21.7. The maximum Gasteiger partial charge on any atom is 0.0385 e. The Morgan fingerprint density at radius 3 is 2.28 bits per heavy atom. The van der Waals surface area contributed by atoms with Crippen molar-refractivity contribution in [3.63, 3.8) is 0 Å². The third kappa shape index (κ3) is 8.81. The van der Waals surface area contributed by atoms with Crippen molar-refractivity contribution in [2.75, 3.05) is 11.9 Å². The lowest BCUT2D eigenvalue weighted by Gasteiger charge is -2.26. The molecule has 0 aliphatic rings. The lowest BCUT2D eigenvalue weighted by Crippen LogP contribution is -2.22. The Balaban J connectivity index is 3.19. The smallest absolute Gasteiger partial charge is 0.0385 e. The summed E-state index contributed by atoms with van der Waals surface area (Å²) < 4.78 is 0. The molecule has 1 aromatic carbocycles. The van der Waals surface area contributed by atoms with Crippen molar-refractivity contribution in [1.82, 2.24) is 0 Å². The largest absolute Gasteiger partial charge is 0.384 e. The average molecular weight is 398 g/mol. The molecule has 164 valence electrons. The average Bonchev–Trinajstić information content (AvgIpc) is 2.73.